The largest absolute Gasteiger partial charge is 0.354 e. The van der Waals surface area contributed by atoms with Gasteiger partial charge in [0.2, 0.25) is 0 Å². The molecule has 1 saturated heterocycles. The fourth-order valence-corrected chi connectivity index (χ4v) is 3.83. The summed E-state index contributed by atoms with van der Waals surface area (Å²) in [4.78, 5) is 2.34. The molecular weight excluding hydrogens is 290 g/mol. The highest BCUT2D eigenvalue weighted by molar-refractivity contribution is 8.00. The van der Waals surface area contributed by atoms with Gasteiger partial charge in [0, 0.05) is 34.4 Å². The molecule has 0 spiro atoms. The number of aromatic nitrogens is 2. The number of rotatable bonds is 1. The topological polar surface area (TPSA) is 29.0 Å². The molecule has 3 rings (SSSR count). The summed E-state index contributed by atoms with van der Waals surface area (Å²) in [5.74, 6) is 2.08. The van der Waals surface area contributed by atoms with Crippen LogP contribution in [0.15, 0.2) is 24.3 Å². The average molecular weight is 308 g/mol. The summed E-state index contributed by atoms with van der Waals surface area (Å²) >= 11 is 8.18. The van der Waals surface area contributed by atoms with Crippen molar-refractivity contribution < 1.29 is 0 Å². The van der Waals surface area contributed by atoms with Gasteiger partial charge in [-0.15, -0.1) is 10.2 Å². The first-order valence-electron chi connectivity index (χ1n) is 6.87. The quantitative estimate of drug-likeness (QED) is 0.796. The number of hydrogen-bond acceptors (Lipinski definition) is 4. The molecule has 5 heteroatoms. The number of nitrogens with zero attached hydrogens (tertiary/aromatic N) is 3. The Kier molecular flexibility index (Phi) is 3.78. The maximum atomic E-state index is 6.15. The van der Waals surface area contributed by atoms with Crippen molar-refractivity contribution in [2.45, 2.75) is 25.0 Å². The second-order valence-corrected chi connectivity index (χ2v) is 7.87. The molecule has 0 bridgehead atoms. The summed E-state index contributed by atoms with van der Waals surface area (Å²) < 4.78 is 0.338. The van der Waals surface area contributed by atoms with Gasteiger partial charge in [-0.1, -0.05) is 49.7 Å². The van der Waals surface area contributed by atoms with Crippen LogP contribution in [0.4, 0.5) is 5.82 Å². The maximum Gasteiger partial charge on any atom is 0.159 e. The summed E-state index contributed by atoms with van der Waals surface area (Å²) in [5, 5.41) is 11.0. The molecule has 1 aromatic carbocycles. The van der Waals surface area contributed by atoms with E-state index in [9.17, 15) is 0 Å². The zero-order chi connectivity index (χ0) is 14.2. The first-order valence-corrected chi connectivity index (χ1v) is 8.23. The van der Waals surface area contributed by atoms with E-state index in [0.29, 0.717) is 9.90 Å². The molecule has 1 aromatic heterocycles. The van der Waals surface area contributed by atoms with E-state index in [-0.39, 0.29) is 0 Å². The highest BCUT2D eigenvalue weighted by Gasteiger charge is 2.25. The van der Waals surface area contributed by atoms with Crippen molar-refractivity contribution in [3.63, 3.8) is 0 Å². The molecule has 106 valence electrons. The lowest BCUT2D eigenvalue weighted by atomic mass is 10.1. The van der Waals surface area contributed by atoms with E-state index in [1.807, 2.05) is 30.0 Å². The lowest BCUT2D eigenvalue weighted by Crippen LogP contribution is -2.28. The third-order valence-electron chi connectivity index (χ3n) is 3.76. The number of anilines is 1. The molecule has 20 heavy (non-hydrogen) atoms. The molecule has 0 saturated carbocycles. The molecule has 2 heterocycles. The molecule has 0 amide bonds. The van der Waals surface area contributed by atoms with E-state index in [1.165, 1.54) is 0 Å². The Hall–Kier alpha value is -1.00. The highest BCUT2D eigenvalue weighted by Crippen LogP contribution is 2.34. The number of hydrogen-bond donors (Lipinski definition) is 0. The van der Waals surface area contributed by atoms with E-state index >= 15 is 0 Å². The number of benzene rings is 1. The van der Waals surface area contributed by atoms with Crippen LogP contribution in [0, 0.1) is 0 Å². The predicted octanol–water partition coefficient (Wildman–Crippen LogP) is 4.01. The average Bonchev–Trinajstić information content (AvgIpc) is 2.61. The van der Waals surface area contributed by atoms with E-state index in [1.54, 1.807) is 0 Å². The van der Waals surface area contributed by atoms with E-state index in [4.69, 9.17) is 11.6 Å². The first kappa shape index (κ1) is 14.0. The normalized spacial score (nSPS) is 19.1. The number of thioether (sulfide) groups is 1. The minimum Gasteiger partial charge on any atom is -0.354 e. The molecule has 0 unspecified atom stereocenters. The van der Waals surface area contributed by atoms with Gasteiger partial charge in [-0.3, -0.25) is 0 Å². The second kappa shape index (κ2) is 5.41. The van der Waals surface area contributed by atoms with Gasteiger partial charge in [-0.2, -0.15) is 11.8 Å². The van der Waals surface area contributed by atoms with Crippen LogP contribution in [0.25, 0.3) is 10.8 Å². The molecule has 1 fully saturated rings. The molecule has 0 aliphatic carbocycles. The van der Waals surface area contributed by atoms with Crippen LogP contribution in [-0.4, -0.2) is 33.8 Å². The maximum absolute atomic E-state index is 6.15. The van der Waals surface area contributed by atoms with Crippen molar-refractivity contribution in [3.05, 3.63) is 29.4 Å². The molecule has 1 aliphatic heterocycles. The van der Waals surface area contributed by atoms with Gasteiger partial charge in [0.05, 0.1) is 0 Å². The Bertz CT molecular complexity index is 630. The third kappa shape index (κ3) is 2.72. The van der Waals surface area contributed by atoms with Crippen molar-refractivity contribution in [2.24, 2.45) is 0 Å². The van der Waals surface area contributed by atoms with Crippen molar-refractivity contribution in [1.82, 2.24) is 10.2 Å². The summed E-state index contributed by atoms with van der Waals surface area (Å²) in [7, 11) is 0. The number of halogens is 1. The van der Waals surface area contributed by atoms with E-state index < -0.39 is 0 Å². The standard InChI is InChI=1S/C15H18ClN3S/c1-15(2)7-8-19(9-10-20-15)14-12-6-4-3-5-11(12)13(16)17-18-14/h3-6H,7-10H2,1-2H3. The van der Waals surface area contributed by atoms with Gasteiger partial charge in [0.1, 0.15) is 0 Å². The van der Waals surface area contributed by atoms with Crippen LogP contribution in [-0.2, 0) is 0 Å². The summed E-state index contributed by atoms with van der Waals surface area (Å²) in [5.41, 5.74) is 0. The highest BCUT2D eigenvalue weighted by atomic mass is 35.5. The second-order valence-electron chi connectivity index (χ2n) is 5.71. The molecule has 3 nitrogen and oxygen atoms in total. The van der Waals surface area contributed by atoms with Gasteiger partial charge in [-0.25, -0.2) is 0 Å². The van der Waals surface area contributed by atoms with Crippen LogP contribution in [0.5, 0.6) is 0 Å². The lowest BCUT2D eigenvalue weighted by Gasteiger charge is -2.24. The van der Waals surface area contributed by atoms with Gasteiger partial charge in [0.25, 0.3) is 0 Å². The monoisotopic (exact) mass is 307 g/mol. The Balaban J connectivity index is 2.00. The smallest absolute Gasteiger partial charge is 0.159 e. The van der Waals surface area contributed by atoms with Crippen LogP contribution in [0.2, 0.25) is 5.15 Å². The Morgan fingerprint density at radius 2 is 1.90 bits per heavy atom. The molecule has 0 N–H and O–H groups in total. The molecule has 0 atom stereocenters. The van der Waals surface area contributed by atoms with Crippen molar-refractivity contribution in [1.29, 1.82) is 0 Å². The number of fused-ring (bicyclic) bond motifs is 1. The summed E-state index contributed by atoms with van der Waals surface area (Å²) in [6, 6.07) is 8.10. The minimum absolute atomic E-state index is 0.338. The molecule has 0 radical (unpaired) electrons. The molecular formula is C15H18ClN3S. The van der Waals surface area contributed by atoms with Crippen molar-refractivity contribution in [3.8, 4) is 0 Å². The van der Waals surface area contributed by atoms with Crippen LogP contribution in [0.1, 0.15) is 20.3 Å². The van der Waals surface area contributed by atoms with E-state index in [0.717, 1.165) is 41.9 Å². The van der Waals surface area contributed by atoms with E-state index in [2.05, 4.69) is 35.0 Å². The zero-order valence-corrected chi connectivity index (χ0v) is 13.3. The Labute approximate surface area is 128 Å². The fourth-order valence-electron chi connectivity index (χ4n) is 2.52. The van der Waals surface area contributed by atoms with Gasteiger partial charge >= 0.3 is 0 Å². The summed E-state index contributed by atoms with van der Waals surface area (Å²) in [6.45, 7) is 6.65. The molecule has 1 aliphatic rings. The van der Waals surface area contributed by atoms with Crippen LogP contribution in [0.3, 0.4) is 0 Å². The zero-order valence-electron chi connectivity index (χ0n) is 11.8. The van der Waals surface area contributed by atoms with Crippen molar-refractivity contribution >= 4 is 40.0 Å². The minimum atomic E-state index is 0.338. The van der Waals surface area contributed by atoms with Crippen LogP contribution < -0.4 is 4.90 Å². The van der Waals surface area contributed by atoms with Gasteiger partial charge in [0.15, 0.2) is 11.0 Å². The Morgan fingerprint density at radius 3 is 2.70 bits per heavy atom. The predicted molar refractivity (Wildman–Crippen MR) is 87.9 cm³/mol. The van der Waals surface area contributed by atoms with Crippen LogP contribution >= 0.6 is 23.4 Å². The third-order valence-corrected chi connectivity index (χ3v) is 5.41. The fraction of sp³-hybridized carbons (Fsp3) is 0.467. The van der Waals surface area contributed by atoms with Gasteiger partial charge in [-0.05, 0) is 6.42 Å². The molecule has 2 aromatic rings. The summed E-state index contributed by atoms with van der Waals surface area (Å²) in [6.07, 6.45) is 1.15. The first-order chi connectivity index (χ1) is 9.57. The SMILES string of the molecule is CC1(C)CCN(c2nnc(Cl)c3ccccc23)CCS1. The lowest BCUT2D eigenvalue weighted by molar-refractivity contribution is 0.634. The van der Waals surface area contributed by atoms with Gasteiger partial charge < -0.3 is 4.90 Å². The Morgan fingerprint density at radius 1 is 1.15 bits per heavy atom. The van der Waals surface area contributed by atoms with Crippen molar-refractivity contribution in [2.75, 3.05) is 23.7 Å².